The smallest absolute Gasteiger partial charge is 0.163 e. The highest BCUT2D eigenvalue weighted by molar-refractivity contribution is 6.30. The van der Waals surface area contributed by atoms with Gasteiger partial charge >= 0.3 is 0 Å². The van der Waals surface area contributed by atoms with Gasteiger partial charge in [-0.15, -0.1) is 0 Å². The van der Waals surface area contributed by atoms with Gasteiger partial charge in [-0.3, -0.25) is 0 Å². The van der Waals surface area contributed by atoms with E-state index in [1.54, 1.807) is 48.7 Å². The van der Waals surface area contributed by atoms with Crippen LogP contribution < -0.4 is 5.32 Å². The topological polar surface area (TPSA) is 101 Å². The molecule has 0 aliphatic heterocycles. The molecule has 0 aliphatic carbocycles. The Morgan fingerprint density at radius 2 is 1.86 bits per heavy atom. The first kappa shape index (κ1) is 14.1. The number of hydrogen-bond acceptors (Lipinski definition) is 5. The zero-order valence-electron chi connectivity index (χ0n) is 10.6. The molecule has 0 atom stereocenters. The highest BCUT2D eigenvalue weighted by Gasteiger charge is 2.10. The van der Waals surface area contributed by atoms with Crippen LogP contribution in [0.15, 0.2) is 47.9 Å². The van der Waals surface area contributed by atoms with Crippen LogP contribution in [-0.2, 0) is 0 Å². The molecule has 2 rings (SSSR count). The van der Waals surface area contributed by atoms with Crippen molar-refractivity contribution in [1.82, 2.24) is 9.78 Å². The van der Waals surface area contributed by atoms with Gasteiger partial charge in [0.2, 0.25) is 0 Å². The van der Waals surface area contributed by atoms with Gasteiger partial charge in [0.15, 0.2) is 5.57 Å². The fourth-order valence-electron chi connectivity index (χ4n) is 1.63. The summed E-state index contributed by atoms with van der Waals surface area (Å²) in [6.07, 6.45) is 3.09. The highest BCUT2D eigenvalue weighted by Crippen LogP contribution is 2.22. The third-order valence-electron chi connectivity index (χ3n) is 2.55. The lowest BCUT2D eigenvalue weighted by atomic mass is 10.2. The van der Waals surface area contributed by atoms with Crippen LogP contribution in [-0.4, -0.2) is 9.78 Å². The van der Waals surface area contributed by atoms with Crippen LogP contribution in [0.3, 0.4) is 0 Å². The minimum Gasteiger partial charge on any atom is -0.343 e. The standard InChI is InChI=1S/C14H7ClN6/c15-11-8-19-21(9-11)14-4-2-1-3-12(14)20-13(7-18)10(5-16)6-17/h1-4,8-9,20H. The number of nitrogens with zero attached hydrogens (tertiary/aromatic N) is 5. The molecule has 0 amide bonds. The van der Waals surface area contributed by atoms with Gasteiger partial charge in [0.25, 0.3) is 0 Å². The first-order valence-corrected chi connectivity index (χ1v) is 6.08. The maximum Gasteiger partial charge on any atom is 0.163 e. The van der Waals surface area contributed by atoms with Crippen molar-refractivity contribution in [3.05, 3.63) is 53.0 Å². The van der Waals surface area contributed by atoms with E-state index >= 15 is 0 Å². The molecule has 0 saturated heterocycles. The Hall–Kier alpha value is -3.27. The SMILES string of the molecule is N#CC(C#N)=C(C#N)Nc1ccccc1-n1cc(Cl)cn1. The lowest BCUT2D eigenvalue weighted by Crippen LogP contribution is -2.05. The quantitative estimate of drug-likeness (QED) is 0.877. The van der Waals surface area contributed by atoms with E-state index in [0.717, 1.165) is 0 Å². The molecule has 0 bridgehead atoms. The third kappa shape index (κ3) is 3.01. The molecule has 2 aromatic rings. The zero-order valence-corrected chi connectivity index (χ0v) is 11.3. The molecule has 6 nitrogen and oxygen atoms in total. The van der Waals surface area contributed by atoms with E-state index in [1.165, 1.54) is 10.9 Å². The first-order chi connectivity index (χ1) is 10.2. The second kappa shape index (κ2) is 6.25. The average molecular weight is 295 g/mol. The molecule has 100 valence electrons. The monoisotopic (exact) mass is 294 g/mol. The fraction of sp³-hybridized carbons (Fsp3) is 0. The number of nitriles is 3. The number of aromatic nitrogens is 2. The molecule has 0 unspecified atom stereocenters. The molecule has 0 fully saturated rings. The predicted octanol–water partition coefficient (Wildman–Crippen LogP) is 2.76. The first-order valence-electron chi connectivity index (χ1n) is 5.70. The lowest BCUT2D eigenvalue weighted by molar-refractivity contribution is 0.882. The molecule has 1 aromatic carbocycles. The Labute approximate surface area is 125 Å². The van der Waals surface area contributed by atoms with Gasteiger partial charge < -0.3 is 5.32 Å². The van der Waals surface area contributed by atoms with Crippen molar-refractivity contribution in [3.8, 4) is 23.9 Å². The molecule has 1 N–H and O–H groups in total. The molecule has 7 heteroatoms. The van der Waals surface area contributed by atoms with Gasteiger partial charge in [0.05, 0.1) is 22.6 Å². The third-order valence-corrected chi connectivity index (χ3v) is 2.74. The van der Waals surface area contributed by atoms with Gasteiger partial charge in [-0.1, -0.05) is 23.7 Å². The minimum atomic E-state index is -0.286. The fourth-order valence-corrected chi connectivity index (χ4v) is 1.77. The van der Waals surface area contributed by atoms with Crippen molar-refractivity contribution in [2.75, 3.05) is 5.32 Å². The second-order valence-electron chi connectivity index (χ2n) is 3.83. The Morgan fingerprint density at radius 3 is 2.43 bits per heavy atom. The Bertz CT molecular complexity index is 812. The summed E-state index contributed by atoms with van der Waals surface area (Å²) in [6, 6.07) is 12.2. The number of hydrogen-bond donors (Lipinski definition) is 1. The van der Waals surface area contributed by atoms with Crippen molar-refractivity contribution in [3.63, 3.8) is 0 Å². The zero-order chi connectivity index (χ0) is 15.2. The molecule has 0 spiro atoms. The van der Waals surface area contributed by atoms with Gasteiger partial charge in [0, 0.05) is 6.20 Å². The molecule has 1 heterocycles. The summed E-state index contributed by atoms with van der Waals surface area (Å²) in [6.45, 7) is 0. The second-order valence-corrected chi connectivity index (χ2v) is 4.27. The molecule has 1 aromatic heterocycles. The van der Waals surface area contributed by atoms with E-state index in [-0.39, 0.29) is 11.3 Å². The normalized spacial score (nSPS) is 9.05. The number of para-hydroxylation sites is 2. The Kier molecular flexibility index (Phi) is 4.21. The van der Waals surface area contributed by atoms with E-state index in [0.29, 0.717) is 16.4 Å². The van der Waals surface area contributed by atoms with Crippen LogP contribution in [0.2, 0.25) is 5.02 Å². The molecule has 0 saturated carbocycles. The van der Waals surface area contributed by atoms with Crippen LogP contribution in [0, 0.1) is 34.0 Å². The number of benzene rings is 1. The summed E-state index contributed by atoms with van der Waals surface area (Å²) < 4.78 is 1.53. The molecule has 21 heavy (non-hydrogen) atoms. The summed E-state index contributed by atoms with van der Waals surface area (Å²) in [5, 5.41) is 34.1. The molecule has 0 radical (unpaired) electrons. The molecule has 0 aliphatic rings. The summed E-state index contributed by atoms with van der Waals surface area (Å²) in [5.74, 6) is 0. The van der Waals surface area contributed by atoms with E-state index < -0.39 is 0 Å². The summed E-state index contributed by atoms with van der Waals surface area (Å²) in [5.41, 5.74) is 0.751. The van der Waals surface area contributed by atoms with Crippen LogP contribution in [0.4, 0.5) is 5.69 Å². The molecular weight excluding hydrogens is 288 g/mol. The number of anilines is 1. The summed E-state index contributed by atoms with van der Waals surface area (Å²) in [7, 11) is 0. The summed E-state index contributed by atoms with van der Waals surface area (Å²) >= 11 is 5.84. The van der Waals surface area contributed by atoms with Gasteiger partial charge in [-0.25, -0.2) is 4.68 Å². The van der Waals surface area contributed by atoms with Gasteiger partial charge in [-0.2, -0.15) is 20.9 Å². The van der Waals surface area contributed by atoms with E-state index in [1.807, 2.05) is 0 Å². The van der Waals surface area contributed by atoms with Crippen molar-refractivity contribution < 1.29 is 0 Å². The van der Waals surface area contributed by atoms with E-state index in [9.17, 15) is 0 Å². The van der Waals surface area contributed by atoms with Crippen LogP contribution in [0.25, 0.3) is 5.69 Å². The maximum absolute atomic E-state index is 9.07. The average Bonchev–Trinajstić information content (AvgIpc) is 2.94. The van der Waals surface area contributed by atoms with Gasteiger partial charge in [0.1, 0.15) is 23.9 Å². The largest absolute Gasteiger partial charge is 0.343 e. The molecular formula is C14H7ClN6. The minimum absolute atomic E-state index is 0.120. The van der Waals surface area contributed by atoms with E-state index in [2.05, 4.69) is 10.4 Å². The van der Waals surface area contributed by atoms with Crippen molar-refractivity contribution in [1.29, 1.82) is 15.8 Å². The summed E-state index contributed by atoms with van der Waals surface area (Å²) in [4.78, 5) is 0. The van der Waals surface area contributed by atoms with Crippen LogP contribution in [0.5, 0.6) is 0 Å². The predicted molar refractivity (Wildman–Crippen MR) is 76.1 cm³/mol. The van der Waals surface area contributed by atoms with Crippen LogP contribution >= 0.6 is 11.6 Å². The van der Waals surface area contributed by atoms with Crippen molar-refractivity contribution in [2.45, 2.75) is 0 Å². The number of allylic oxidation sites excluding steroid dienone is 2. The number of rotatable bonds is 3. The Balaban J connectivity index is 2.48. The van der Waals surface area contributed by atoms with Crippen molar-refractivity contribution in [2.24, 2.45) is 0 Å². The van der Waals surface area contributed by atoms with Crippen LogP contribution in [0.1, 0.15) is 0 Å². The van der Waals surface area contributed by atoms with E-state index in [4.69, 9.17) is 27.4 Å². The number of halogens is 1. The number of nitrogens with one attached hydrogen (secondary N) is 1. The Morgan fingerprint density at radius 1 is 1.14 bits per heavy atom. The highest BCUT2D eigenvalue weighted by atomic mass is 35.5. The lowest BCUT2D eigenvalue weighted by Gasteiger charge is -2.10. The maximum atomic E-state index is 9.07. The van der Waals surface area contributed by atoms with Crippen molar-refractivity contribution >= 4 is 17.3 Å². The van der Waals surface area contributed by atoms with Gasteiger partial charge in [-0.05, 0) is 12.1 Å².